The Bertz CT molecular complexity index is 996. The first kappa shape index (κ1) is 19.4. The first-order valence-electron chi connectivity index (χ1n) is 7.71. The molecule has 3 aromatic rings. The Balaban J connectivity index is 1.94. The number of aromatic nitrogens is 2. The molecule has 0 aliphatic carbocycles. The van der Waals surface area contributed by atoms with Crippen LogP contribution in [0.2, 0.25) is 5.02 Å². The Hall–Kier alpha value is -2.39. The van der Waals surface area contributed by atoms with Crippen molar-refractivity contribution in [1.82, 2.24) is 9.78 Å². The van der Waals surface area contributed by atoms with Gasteiger partial charge >= 0.3 is 6.18 Å². The molecule has 0 fully saturated rings. The molecule has 0 atom stereocenters. The molecule has 1 aromatic carbocycles. The topological polar surface area (TPSA) is 46.9 Å². The lowest BCUT2D eigenvalue weighted by Crippen LogP contribution is -2.10. The fraction of sp³-hybridized carbons (Fsp3) is 0.176. The highest BCUT2D eigenvalue weighted by Gasteiger charge is 2.35. The molecule has 3 rings (SSSR count). The molecule has 0 saturated carbocycles. The van der Waals surface area contributed by atoms with Crippen molar-refractivity contribution in [3.63, 3.8) is 0 Å². The number of benzene rings is 1. The zero-order valence-corrected chi connectivity index (χ0v) is 15.3. The number of nitrogens with one attached hydrogen (secondary N) is 1. The fourth-order valence-electron chi connectivity index (χ4n) is 2.38. The van der Waals surface area contributed by atoms with Crippen molar-refractivity contribution >= 4 is 34.5 Å². The van der Waals surface area contributed by atoms with Gasteiger partial charge in [0.1, 0.15) is 5.82 Å². The summed E-state index contributed by atoms with van der Waals surface area (Å²) in [5.74, 6) is -1.41. The van der Waals surface area contributed by atoms with Crippen LogP contribution >= 0.6 is 22.9 Å². The number of aryl methyl sites for hydroxylation is 1. The van der Waals surface area contributed by atoms with Crippen molar-refractivity contribution in [1.29, 1.82) is 0 Å². The van der Waals surface area contributed by atoms with Crippen molar-refractivity contribution in [3.8, 4) is 10.6 Å². The van der Waals surface area contributed by atoms with Crippen LogP contribution in [0.3, 0.4) is 0 Å². The normalized spacial score (nSPS) is 11.6. The molecule has 2 heterocycles. The summed E-state index contributed by atoms with van der Waals surface area (Å²) in [7, 11) is 0. The number of alkyl halides is 3. The van der Waals surface area contributed by atoms with Gasteiger partial charge in [-0.15, -0.1) is 11.3 Å². The molecular formula is C17H12ClF4N3OS. The van der Waals surface area contributed by atoms with Gasteiger partial charge in [0.2, 0.25) is 0 Å². The van der Waals surface area contributed by atoms with E-state index in [9.17, 15) is 22.4 Å². The Morgan fingerprint density at radius 3 is 2.63 bits per heavy atom. The van der Waals surface area contributed by atoms with Crippen LogP contribution in [0.1, 0.15) is 22.3 Å². The van der Waals surface area contributed by atoms with E-state index in [1.807, 2.05) is 0 Å². The van der Waals surface area contributed by atoms with Gasteiger partial charge in [-0.05, 0) is 31.2 Å². The van der Waals surface area contributed by atoms with Gasteiger partial charge in [0.25, 0.3) is 5.91 Å². The zero-order chi connectivity index (χ0) is 19.8. The lowest BCUT2D eigenvalue weighted by atomic mass is 10.2. The van der Waals surface area contributed by atoms with E-state index in [1.165, 1.54) is 0 Å². The average Bonchev–Trinajstić information content (AvgIpc) is 3.19. The number of halogens is 5. The highest BCUT2D eigenvalue weighted by Crippen LogP contribution is 2.36. The second kappa shape index (κ2) is 7.32. The maximum Gasteiger partial charge on any atom is 0.435 e. The van der Waals surface area contributed by atoms with Crippen LogP contribution in [0.25, 0.3) is 10.6 Å². The molecule has 1 amide bonds. The molecule has 0 saturated heterocycles. The van der Waals surface area contributed by atoms with E-state index < -0.39 is 23.6 Å². The smallest absolute Gasteiger partial charge is 0.320 e. The molecule has 4 nitrogen and oxygen atoms in total. The second-order valence-electron chi connectivity index (χ2n) is 5.45. The van der Waals surface area contributed by atoms with Crippen LogP contribution in [0.5, 0.6) is 0 Å². The van der Waals surface area contributed by atoms with Gasteiger partial charge in [0.15, 0.2) is 5.69 Å². The standard InChI is InChI=1S/C17H12ClF4N3OS/c1-2-25-12(8-14(24-25)17(20,21)22)15-10(19)7-13(27-15)16(26)23-11-6-4-3-5-9(11)18/h3-8H,2H2,1H3,(H,23,26). The third-order valence-corrected chi connectivity index (χ3v) is 5.10. The molecule has 10 heteroatoms. The first-order chi connectivity index (χ1) is 12.7. The lowest BCUT2D eigenvalue weighted by molar-refractivity contribution is -0.141. The molecule has 27 heavy (non-hydrogen) atoms. The van der Waals surface area contributed by atoms with Gasteiger partial charge < -0.3 is 5.32 Å². The predicted molar refractivity (Wildman–Crippen MR) is 95.6 cm³/mol. The van der Waals surface area contributed by atoms with Crippen molar-refractivity contribution in [2.75, 3.05) is 5.32 Å². The van der Waals surface area contributed by atoms with E-state index in [1.54, 1.807) is 31.2 Å². The van der Waals surface area contributed by atoms with E-state index in [0.29, 0.717) is 10.7 Å². The molecule has 0 radical (unpaired) electrons. The van der Waals surface area contributed by atoms with Crippen LogP contribution < -0.4 is 5.32 Å². The Kier molecular flexibility index (Phi) is 5.25. The zero-order valence-electron chi connectivity index (χ0n) is 13.8. The minimum Gasteiger partial charge on any atom is -0.320 e. The van der Waals surface area contributed by atoms with Gasteiger partial charge in [-0.25, -0.2) is 4.39 Å². The van der Waals surface area contributed by atoms with E-state index in [-0.39, 0.29) is 22.0 Å². The SMILES string of the molecule is CCn1nc(C(F)(F)F)cc1-c1sc(C(=O)Nc2ccccc2Cl)cc1F. The van der Waals surface area contributed by atoms with Gasteiger partial charge in [-0.1, -0.05) is 23.7 Å². The summed E-state index contributed by atoms with van der Waals surface area (Å²) in [5.41, 5.74) is -0.809. The summed E-state index contributed by atoms with van der Waals surface area (Å²) in [6.07, 6.45) is -4.65. The molecule has 142 valence electrons. The largest absolute Gasteiger partial charge is 0.435 e. The number of thiophene rings is 1. The summed E-state index contributed by atoms with van der Waals surface area (Å²) in [4.78, 5) is 12.3. The summed E-state index contributed by atoms with van der Waals surface area (Å²) in [6.45, 7) is 1.71. The minimum atomic E-state index is -4.65. The Labute approximate surface area is 160 Å². The number of hydrogen-bond donors (Lipinski definition) is 1. The lowest BCUT2D eigenvalue weighted by Gasteiger charge is -2.05. The van der Waals surface area contributed by atoms with Crippen molar-refractivity contribution < 1.29 is 22.4 Å². The second-order valence-corrected chi connectivity index (χ2v) is 6.91. The molecular weight excluding hydrogens is 406 g/mol. The predicted octanol–water partition coefficient (Wildman–Crippen LogP) is 5.70. The van der Waals surface area contributed by atoms with Crippen LogP contribution in [0.15, 0.2) is 36.4 Å². The third-order valence-electron chi connectivity index (χ3n) is 3.64. The van der Waals surface area contributed by atoms with Crippen LogP contribution in [-0.2, 0) is 12.7 Å². The number of anilines is 1. The first-order valence-corrected chi connectivity index (χ1v) is 8.90. The maximum absolute atomic E-state index is 14.4. The number of para-hydroxylation sites is 1. The minimum absolute atomic E-state index is 0.000156. The van der Waals surface area contributed by atoms with Gasteiger partial charge in [-0.3, -0.25) is 9.48 Å². The van der Waals surface area contributed by atoms with Crippen LogP contribution in [0.4, 0.5) is 23.2 Å². The number of nitrogens with zero attached hydrogens (tertiary/aromatic N) is 2. The summed E-state index contributed by atoms with van der Waals surface area (Å²) >= 11 is 6.71. The monoisotopic (exact) mass is 417 g/mol. The highest BCUT2D eigenvalue weighted by atomic mass is 35.5. The maximum atomic E-state index is 14.4. The van der Waals surface area contributed by atoms with Gasteiger partial charge in [-0.2, -0.15) is 18.3 Å². The molecule has 0 aliphatic rings. The number of carbonyl (C=O) groups is 1. The summed E-state index contributed by atoms with van der Waals surface area (Å²) in [5, 5.41) is 6.32. The molecule has 0 unspecified atom stereocenters. The summed E-state index contributed by atoms with van der Waals surface area (Å²) < 4.78 is 54.1. The summed E-state index contributed by atoms with van der Waals surface area (Å²) in [6, 6.07) is 8.26. The van der Waals surface area contributed by atoms with E-state index in [2.05, 4.69) is 10.4 Å². The van der Waals surface area contributed by atoms with Gasteiger partial charge in [0, 0.05) is 6.54 Å². The molecule has 2 aromatic heterocycles. The molecule has 0 spiro atoms. The van der Waals surface area contributed by atoms with Crippen LogP contribution in [-0.4, -0.2) is 15.7 Å². The number of carbonyl (C=O) groups excluding carboxylic acids is 1. The average molecular weight is 418 g/mol. The molecule has 1 N–H and O–H groups in total. The number of hydrogen-bond acceptors (Lipinski definition) is 3. The fourth-order valence-corrected chi connectivity index (χ4v) is 3.52. The van der Waals surface area contributed by atoms with E-state index in [4.69, 9.17) is 11.6 Å². The molecule has 0 aliphatic heterocycles. The number of amides is 1. The van der Waals surface area contributed by atoms with Gasteiger partial charge in [0.05, 0.1) is 26.2 Å². The van der Waals surface area contributed by atoms with E-state index in [0.717, 1.165) is 28.2 Å². The van der Waals surface area contributed by atoms with Crippen molar-refractivity contribution in [2.24, 2.45) is 0 Å². The van der Waals surface area contributed by atoms with E-state index >= 15 is 0 Å². The quantitative estimate of drug-likeness (QED) is 0.554. The molecule has 0 bridgehead atoms. The third kappa shape index (κ3) is 3.98. The highest BCUT2D eigenvalue weighted by molar-refractivity contribution is 7.17. The number of rotatable bonds is 4. The van der Waals surface area contributed by atoms with Crippen LogP contribution in [0, 0.1) is 5.82 Å². The Morgan fingerprint density at radius 2 is 2.00 bits per heavy atom. The van der Waals surface area contributed by atoms with Crippen molar-refractivity contribution in [3.05, 3.63) is 57.8 Å². The van der Waals surface area contributed by atoms with Crippen molar-refractivity contribution in [2.45, 2.75) is 19.6 Å². The Morgan fingerprint density at radius 1 is 1.30 bits per heavy atom.